The zero-order chi connectivity index (χ0) is 23.4. The highest BCUT2D eigenvalue weighted by Crippen LogP contribution is 2.29. The number of benzene rings is 1. The summed E-state index contributed by atoms with van der Waals surface area (Å²) in [5.74, 6) is -0.870. The van der Waals surface area contributed by atoms with E-state index in [2.05, 4.69) is 15.2 Å². The molecule has 1 heterocycles. The minimum atomic E-state index is -5.30. The summed E-state index contributed by atoms with van der Waals surface area (Å²) in [6.07, 6.45) is -4.92. The fourth-order valence-electron chi connectivity index (χ4n) is 2.33. The number of amides is 2. The maximum atomic E-state index is 13.2. The molecule has 170 valence electrons. The molecule has 0 saturated carbocycles. The Balaban J connectivity index is 2.39. The Morgan fingerprint density at radius 1 is 1.13 bits per heavy atom. The van der Waals surface area contributed by atoms with Gasteiger partial charge in [0.25, 0.3) is 10.0 Å². The first kappa shape index (κ1) is 23.8. The number of hydrogen-bond donors (Lipinski definition) is 2. The molecule has 2 amide bonds. The molecule has 0 aliphatic heterocycles. The van der Waals surface area contributed by atoms with Gasteiger partial charge in [-0.1, -0.05) is 0 Å². The van der Waals surface area contributed by atoms with Crippen LogP contribution in [0.1, 0.15) is 17.3 Å². The lowest BCUT2D eigenvalue weighted by atomic mass is 10.3. The smallest absolute Gasteiger partial charge is 0.497 e. The second kappa shape index (κ2) is 9.11. The number of anilines is 1. The molecule has 0 aliphatic rings. The number of methoxy groups -OCH3 is 2. The Kier molecular flexibility index (Phi) is 6.99. The van der Waals surface area contributed by atoms with Crippen molar-refractivity contribution in [2.45, 2.75) is 18.2 Å². The van der Waals surface area contributed by atoms with Crippen LogP contribution < -0.4 is 19.5 Å². The van der Waals surface area contributed by atoms with E-state index in [1.54, 1.807) is 0 Å². The van der Waals surface area contributed by atoms with Crippen molar-refractivity contribution >= 4 is 27.7 Å². The largest absolute Gasteiger partial charge is 0.505 e. The quantitative estimate of drug-likeness (QED) is 0.592. The number of halogens is 3. The molecule has 0 unspecified atom stereocenters. The molecule has 0 bridgehead atoms. The number of nitrogens with zero attached hydrogens (tertiary/aromatic N) is 2. The zero-order valence-corrected chi connectivity index (χ0v) is 17.1. The first-order valence-electron chi connectivity index (χ1n) is 8.32. The molecule has 0 aliphatic carbocycles. The second-order valence-electron chi connectivity index (χ2n) is 5.62. The minimum Gasteiger partial charge on any atom is -0.497 e. The fourth-order valence-corrected chi connectivity index (χ4v) is 3.53. The van der Waals surface area contributed by atoms with Crippen LogP contribution >= 0.6 is 0 Å². The van der Waals surface area contributed by atoms with Gasteiger partial charge < -0.3 is 19.5 Å². The van der Waals surface area contributed by atoms with Crippen molar-refractivity contribution in [2.24, 2.45) is 0 Å². The number of esters is 1. The number of ether oxygens (including phenoxy) is 3. The second-order valence-corrected chi connectivity index (χ2v) is 7.22. The first-order chi connectivity index (χ1) is 14.4. The molecule has 0 saturated heterocycles. The van der Waals surface area contributed by atoms with E-state index < -0.39 is 43.6 Å². The van der Waals surface area contributed by atoms with Crippen LogP contribution in [0.5, 0.6) is 11.5 Å². The molecule has 0 spiro atoms. The lowest BCUT2D eigenvalue weighted by Gasteiger charge is -2.14. The molecule has 1 aromatic heterocycles. The number of rotatable bonds is 7. The van der Waals surface area contributed by atoms with Gasteiger partial charge in [-0.25, -0.2) is 14.3 Å². The van der Waals surface area contributed by atoms with Crippen molar-refractivity contribution in [3.8, 4) is 11.5 Å². The fraction of sp³-hybridized carbons (Fsp3) is 0.312. The lowest BCUT2D eigenvalue weighted by Crippen LogP contribution is -2.37. The summed E-state index contributed by atoms with van der Waals surface area (Å²) in [5, 5.41) is 3.43. The van der Waals surface area contributed by atoms with Gasteiger partial charge in [-0.15, -0.1) is 13.2 Å². The Bertz CT molecular complexity index is 1060. The maximum Gasteiger partial charge on any atom is 0.505 e. The molecule has 0 radical (unpaired) electrons. The summed E-state index contributed by atoms with van der Waals surface area (Å²) >= 11 is 0. The molecule has 15 heteroatoms. The molecule has 11 nitrogen and oxygen atoms in total. The summed E-state index contributed by atoms with van der Waals surface area (Å²) in [4.78, 5) is 24.1. The number of hydrogen-bond acceptors (Lipinski definition) is 8. The molecule has 1 aromatic carbocycles. The highest BCUT2D eigenvalue weighted by Gasteiger charge is 2.42. The molecule has 0 fully saturated rings. The summed E-state index contributed by atoms with van der Waals surface area (Å²) in [6.45, 7) is 1.13. The molecule has 31 heavy (non-hydrogen) atoms. The van der Waals surface area contributed by atoms with Crippen LogP contribution in [-0.2, 0) is 21.1 Å². The average Bonchev–Trinajstić information content (AvgIpc) is 3.14. The van der Waals surface area contributed by atoms with Crippen LogP contribution in [-0.4, -0.2) is 51.0 Å². The van der Waals surface area contributed by atoms with Gasteiger partial charge in [-0.05, 0) is 6.92 Å². The average molecular weight is 466 g/mol. The number of urea groups is 1. The van der Waals surface area contributed by atoms with E-state index in [1.807, 2.05) is 0 Å². The third-order valence-corrected chi connectivity index (χ3v) is 4.91. The van der Waals surface area contributed by atoms with Crippen molar-refractivity contribution in [1.29, 1.82) is 0 Å². The van der Waals surface area contributed by atoms with Crippen molar-refractivity contribution in [1.82, 2.24) is 14.5 Å². The SMILES string of the molecule is CCOC(=O)c1cnn(C(F)(F)F)c1S(=O)(=O)NC(=O)Nc1cc(OC)cc(OC)c1. The van der Waals surface area contributed by atoms with Gasteiger partial charge in [0.1, 0.15) is 17.1 Å². The Morgan fingerprint density at radius 2 is 1.71 bits per heavy atom. The van der Waals surface area contributed by atoms with E-state index in [4.69, 9.17) is 9.47 Å². The monoisotopic (exact) mass is 466 g/mol. The van der Waals surface area contributed by atoms with Gasteiger partial charge >= 0.3 is 18.3 Å². The van der Waals surface area contributed by atoms with Crippen molar-refractivity contribution in [3.05, 3.63) is 30.0 Å². The molecule has 2 rings (SSSR count). The molecule has 2 aromatic rings. The van der Waals surface area contributed by atoms with Crippen molar-refractivity contribution < 1.29 is 45.4 Å². The highest BCUT2D eigenvalue weighted by atomic mass is 32.2. The number of nitrogens with one attached hydrogen (secondary N) is 2. The normalized spacial score (nSPS) is 11.5. The summed E-state index contributed by atoms with van der Waals surface area (Å²) in [6, 6.07) is 2.66. The van der Waals surface area contributed by atoms with Gasteiger partial charge in [-0.2, -0.15) is 18.2 Å². The van der Waals surface area contributed by atoms with Gasteiger partial charge in [0, 0.05) is 23.9 Å². The number of carbonyl (C=O) groups excluding carboxylic acids is 2. The van der Waals surface area contributed by atoms with E-state index >= 15 is 0 Å². The minimum absolute atomic E-state index is 0.0128. The Hall–Kier alpha value is -3.49. The van der Waals surface area contributed by atoms with Gasteiger partial charge in [0.15, 0.2) is 5.03 Å². The van der Waals surface area contributed by atoms with Crippen LogP contribution in [0.25, 0.3) is 0 Å². The summed E-state index contributed by atoms with van der Waals surface area (Å²) in [7, 11) is -2.56. The van der Waals surface area contributed by atoms with Crippen LogP contribution in [0.15, 0.2) is 29.4 Å². The van der Waals surface area contributed by atoms with E-state index in [-0.39, 0.29) is 23.8 Å². The molecule has 2 N–H and O–H groups in total. The van der Waals surface area contributed by atoms with Crippen LogP contribution in [0.4, 0.5) is 23.7 Å². The maximum absolute atomic E-state index is 13.2. The number of alkyl halides is 3. The van der Waals surface area contributed by atoms with E-state index in [9.17, 15) is 31.2 Å². The molecule has 0 atom stereocenters. The molecular weight excluding hydrogens is 449 g/mol. The van der Waals surface area contributed by atoms with Crippen LogP contribution in [0.3, 0.4) is 0 Å². The molecular formula is C16H17F3N4O7S. The van der Waals surface area contributed by atoms with Crippen molar-refractivity contribution in [2.75, 3.05) is 26.1 Å². The Labute approximate surface area is 174 Å². The third-order valence-electron chi connectivity index (χ3n) is 3.55. The lowest BCUT2D eigenvalue weighted by molar-refractivity contribution is -0.218. The van der Waals surface area contributed by atoms with Gasteiger partial charge in [0.05, 0.1) is 27.0 Å². The number of carbonyl (C=O) groups is 2. The number of sulfonamides is 1. The van der Waals surface area contributed by atoms with Crippen molar-refractivity contribution in [3.63, 3.8) is 0 Å². The van der Waals surface area contributed by atoms with E-state index in [0.717, 1.165) is 0 Å². The standard InChI is InChI=1S/C16H17F3N4O7S/c1-4-30-14(24)12-8-20-23(16(17,18)19)13(12)31(26,27)22-15(25)21-9-5-10(28-2)7-11(6-9)29-3/h5-8H,4H2,1-3H3,(H2,21,22,25). The van der Waals surface area contributed by atoms with Crippen LogP contribution in [0.2, 0.25) is 0 Å². The summed E-state index contributed by atoms with van der Waals surface area (Å²) in [5.41, 5.74) is -0.985. The summed E-state index contributed by atoms with van der Waals surface area (Å²) < 4.78 is 79.9. The van der Waals surface area contributed by atoms with Gasteiger partial charge in [0.2, 0.25) is 0 Å². The number of aromatic nitrogens is 2. The third kappa shape index (κ3) is 5.56. The van der Waals surface area contributed by atoms with Gasteiger partial charge in [-0.3, -0.25) is 0 Å². The van der Waals surface area contributed by atoms with E-state index in [0.29, 0.717) is 6.20 Å². The predicted octanol–water partition coefficient (Wildman–Crippen LogP) is 2.06. The predicted molar refractivity (Wildman–Crippen MR) is 98.4 cm³/mol. The van der Waals surface area contributed by atoms with E-state index in [1.165, 1.54) is 44.1 Å². The van der Waals surface area contributed by atoms with Crippen LogP contribution in [0, 0.1) is 0 Å². The topological polar surface area (TPSA) is 138 Å². The zero-order valence-electron chi connectivity index (χ0n) is 16.3. The first-order valence-corrected chi connectivity index (χ1v) is 9.80. The Morgan fingerprint density at radius 3 is 2.19 bits per heavy atom. The highest BCUT2D eigenvalue weighted by molar-refractivity contribution is 7.90.